The van der Waals surface area contributed by atoms with Gasteiger partial charge in [0.1, 0.15) is 0 Å². The molecule has 0 saturated heterocycles. The Balaban J connectivity index is 2.31. The molecule has 0 heterocycles. The molecule has 1 saturated carbocycles. The van der Waals surface area contributed by atoms with Crippen LogP contribution in [0.5, 0.6) is 0 Å². The monoisotopic (exact) mass is 256 g/mol. The lowest BCUT2D eigenvalue weighted by Crippen LogP contribution is -2.50. The molecule has 1 aliphatic rings. The Hall–Kier alpha value is -0.610. The lowest BCUT2D eigenvalue weighted by Gasteiger charge is -2.23. The molecule has 4 nitrogen and oxygen atoms in total. The number of rotatable bonds is 8. The molecule has 1 rings (SSSR count). The van der Waals surface area contributed by atoms with Crippen molar-refractivity contribution in [3.05, 3.63) is 0 Å². The average Bonchev–Trinajstić information content (AvgIpc) is 2.82. The third-order valence-electron chi connectivity index (χ3n) is 3.59. The zero-order valence-corrected chi connectivity index (χ0v) is 12.0. The van der Waals surface area contributed by atoms with Gasteiger partial charge in [-0.25, -0.2) is 0 Å². The fourth-order valence-corrected chi connectivity index (χ4v) is 2.59. The number of hydrogen-bond acceptors (Lipinski definition) is 3. The number of ether oxygens (including phenoxy) is 1. The van der Waals surface area contributed by atoms with E-state index in [1.54, 1.807) is 7.11 Å². The molecule has 2 unspecified atom stereocenters. The van der Waals surface area contributed by atoms with Gasteiger partial charge in [-0.2, -0.15) is 0 Å². The summed E-state index contributed by atoms with van der Waals surface area (Å²) in [5.41, 5.74) is 0. The predicted octanol–water partition coefficient (Wildman–Crippen LogP) is 1.84. The van der Waals surface area contributed by atoms with Crippen LogP contribution < -0.4 is 10.6 Å². The van der Waals surface area contributed by atoms with Crippen LogP contribution in [0.25, 0.3) is 0 Å². The molecule has 0 spiro atoms. The first-order valence-corrected chi connectivity index (χ1v) is 7.22. The van der Waals surface area contributed by atoms with Crippen molar-refractivity contribution in [2.75, 3.05) is 13.7 Å². The van der Waals surface area contributed by atoms with Crippen LogP contribution in [0.3, 0.4) is 0 Å². The van der Waals surface area contributed by atoms with Crippen molar-refractivity contribution in [2.45, 2.75) is 70.5 Å². The molecule has 0 aliphatic heterocycles. The van der Waals surface area contributed by atoms with E-state index in [4.69, 9.17) is 4.74 Å². The molecular weight excluding hydrogens is 228 g/mol. The summed E-state index contributed by atoms with van der Waals surface area (Å²) in [4.78, 5) is 12.0. The molecule has 1 amide bonds. The van der Waals surface area contributed by atoms with Crippen LogP contribution in [0.15, 0.2) is 0 Å². The second-order valence-corrected chi connectivity index (χ2v) is 5.32. The molecule has 18 heavy (non-hydrogen) atoms. The number of nitrogens with one attached hydrogen (secondary N) is 2. The maximum atomic E-state index is 12.0. The molecule has 0 aromatic rings. The Morgan fingerprint density at radius 1 is 1.39 bits per heavy atom. The first-order chi connectivity index (χ1) is 8.67. The van der Waals surface area contributed by atoms with Crippen molar-refractivity contribution in [3.63, 3.8) is 0 Å². The van der Waals surface area contributed by atoms with Gasteiger partial charge >= 0.3 is 0 Å². The lowest BCUT2D eigenvalue weighted by molar-refractivity contribution is -0.123. The van der Waals surface area contributed by atoms with Gasteiger partial charge < -0.3 is 15.4 Å². The van der Waals surface area contributed by atoms with Gasteiger partial charge in [0, 0.05) is 19.2 Å². The molecule has 2 atom stereocenters. The molecular formula is C14H28N2O2. The van der Waals surface area contributed by atoms with E-state index in [1.165, 1.54) is 12.8 Å². The molecule has 4 heteroatoms. The summed E-state index contributed by atoms with van der Waals surface area (Å²) in [5, 5.41) is 6.48. The molecule has 0 aromatic heterocycles. The molecule has 106 valence electrons. The zero-order chi connectivity index (χ0) is 13.4. The second kappa shape index (κ2) is 8.48. The van der Waals surface area contributed by atoms with E-state index < -0.39 is 0 Å². The highest BCUT2D eigenvalue weighted by atomic mass is 16.5. The highest BCUT2D eigenvalue weighted by Crippen LogP contribution is 2.17. The van der Waals surface area contributed by atoms with Crippen molar-refractivity contribution in [1.82, 2.24) is 10.6 Å². The summed E-state index contributed by atoms with van der Waals surface area (Å²) in [7, 11) is 1.70. The molecule has 0 aromatic carbocycles. The maximum Gasteiger partial charge on any atom is 0.237 e. The quantitative estimate of drug-likeness (QED) is 0.696. The largest absolute Gasteiger partial charge is 0.383 e. The van der Waals surface area contributed by atoms with Crippen LogP contribution in [0.2, 0.25) is 0 Å². The van der Waals surface area contributed by atoms with Crippen LogP contribution in [0.4, 0.5) is 0 Å². The van der Waals surface area contributed by atoms with Crippen molar-refractivity contribution < 1.29 is 9.53 Å². The molecule has 1 fully saturated rings. The van der Waals surface area contributed by atoms with Gasteiger partial charge in [0.15, 0.2) is 0 Å². The second-order valence-electron chi connectivity index (χ2n) is 5.32. The molecule has 1 aliphatic carbocycles. The molecule has 0 radical (unpaired) electrons. The summed E-state index contributed by atoms with van der Waals surface area (Å²) >= 11 is 0. The van der Waals surface area contributed by atoms with E-state index in [0.29, 0.717) is 12.6 Å². The highest BCUT2D eigenvalue weighted by molar-refractivity contribution is 5.81. The van der Waals surface area contributed by atoms with Crippen LogP contribution >= 0.6 is 0 Å². The number of carbonyl (C=O) groups excluding carboxylic acids is 1. The number of methoxy groups -OCH3 is 1. The third kappa shape index (κ3) is 5.36. The van der Waals surface area contributed by atoms with Crippen LogP contribution in [-0.4, -0.2) is 37.7 Å². The minimum absolute atomic E-state index is 0.124. The Morgan fingerprint density at radius 2 is 2.06 bits per heavy atom. The highest BCUT2D eigenvalue weighted by Gasteiger charge is 2.22. The Morgan fingerprint density at radius 3 is 2.61 bits per heavy atom. The number of carbonyl (C=O) groups is 1. The van der Waals surface area contributed by atoms with E-state index in [9.17, 15) is 4.79 Å². The van der Waals surface area contributed by atoms with Gasteiger partial charge in [0.25, 0.3) is 0 Å². The summed E-state index contributed by atoms with van der Waals surface area (Å²) in [6.45, 7) is 4.74. The predicted molar refractivity (Wildman–Crippen MR) is 73.6 cm³/mol. The Bertz CT molecular complexity index is 234. The fourth-order valence-electron chi connectivity index (χ4n) is 2.59. The van der Waals surface area contributed by atoms with Gasteiger partial charge in [0.05, 0.1) is 12.6 Å². The SMILES string of the molecule is CCCC(COC)NC(C)C(=O)NC1CCCC1. The van der Waals surface area contributed by atoms with E-state index in [2.05, 4.69) is 17.6 Å². The van der Waals surface area contributed by atoms with Gasteiger partial charge in [-0.3, -0.25) is 4.79 Å². The van der Waals surface area contributed by atoms with Crippen LogP contribution in [-0.2, 0) is 9.53 Å². The number of amides is 1. The Labute approximate surface area is 111 Å². The zero-order valence-electron chi connectivity index (χ0n) is 12.0. The topological polar surface area (TPSA) is 50.4 Å². The van der Waals surface area contributed by atoms with Crippen molar-refractivity contribution >= 4 is 5.91 Å². The summed E-state index contributed by atoms with van der Waals surface area (Å²) < 4.78 is 5.18. The summed E-state index contributed by atoms with van der Waals surface area (Å²) in [5.74, 6) is 0.124. The fraction of sp³-hybridized carbons (Fsp3) is 0.929. The summed E-state index contributed by atoms with van der Waals surface area (Å²) in [6.07, 6.45) is 6.89. The Kier molecular flexibility index (Phi) is 7.28. The van der Waals surface area contributed by atoms with E-state index >= 15 is 0 Å². The van der Waals surface area contributed by atoms with Gasteiger partial charge in [-0.1, -0.05) is 26.2 Å². The van der Waals surface area contributed by atoms with Crippen molar-refractivity contribution in [1.29, 1.82) is 0 Å². The van der Waals surface area contributed by atoms with E-state index in [0.717, 1.165) is 25.7 Å². The van der Waals surface area contributed by atoms with Crippen molar-refractivity contribution in [2.24, 2.45) is 0 Å². The lowest BCUT2D eigenvalue weighted by atomic mass is 10.1. The van der Waals surface area contributed by atoms with E-state index in [1.807, 2.05) is 6.92 Å². The van der Waals surface area contributed by atoms with Gasteiger partial charge in [0.2, 0.25) is 5.91 Å². The maximum absolute atomic E-state index is 12.0. The van der Waals surface area contributed by atoms with Crippen molar-refractivity contribution in [3.8, 4) is 0 Å². The molecule has 2 N–H and O–H groups in total. The minimum Gasteiger partial charge on any atom is -0.383 e. The average molecular weight is 256 g/mol. The molecule has 0 bridgehead atoms. The van der Waals surface area contributed by atoms with Crippen LogP contribution in [0, 0.1) is 0 Å². The van der Waals surface area contributed by atoms with E-state index in [-0.39, 0.29) is 18.0 Å². The van der Waals surface area contributed by atoms with Gasteiger partial charge in [-0.05, 0) is 26.2 Å². The first-order valence-electron chi connectivity index (χ1n) is 7.22. The summed E-state index contributed by atoms with van der Waals surface area (Å²) in [6, 6.07) is 0.524. The minimum atomic E-state index is -0.141. The smallest absolute Gasteiger partial charge is 0.237 e. The number of hydrogen-bond donors (Lipinski definition) is 2. The standard InChI is InChI=1S/C14H28N2O2/c1-4-7-13(10-18-3)15-11(2)14(17)16-12-8-5-6-9-12/h11-13,15H,4-10H2,1-3H3,(H,16,17). The third-order valence-corrected chi connectivity index (χ3v) is 3.59. The normalized spacial score (nSPS) is 19.7. The van der Waals surface area contributed by atoms with Gasteiger partial charge in [-0.15, -0.1) is 0 Å². The van der Waals surface area contributed by atoms with Crippen LogP contribution in [0.1, 0.15) is 52.4 Å². The first kappa shape index (κ1) is 15.4.